The molecule has 1 atom stereocenters. The Balaban J connectivity index is 0.00000242. The number of aromatic nitrogens is 2. The second kappa shape index (κ2) is 8.00. The summed E-state index contributed by atoms with van der Waals surface area (Å²) in [6.45, 7) is 0.309. The summed E-state index contributed by atoms with van der Waals surface area (Å²) in [4.78, 5) is 39.1. The van der Waals surface area contributed by atoms with Crippen LogP contribution in [0.5, 0.6) is 0 Å². The molecule has 0 spiro atoms. The fraction of sp³-hybridized carbons (Fsp3) is 0.615. The molecule has 1 aliphatic rings. The first kappa shape index (κ1) is 18.2. The summed E-state index contributed by atoms with van der Waals surface area (Å²) in [6.07, 6.45) is 5.49. The molecular weight excluding hydrogens is 310 g/mol. The van der Waals surface area contributed by atoms with Crippen molar-refractivity contribution in [3.05, 3.63) is 26.5 Å². The minimum Gasteiger partial charge on any atom is -0.392 e. The van der Waals surface area contributed by atoms with Gasteiger partial charge in [0.05, 0.1) is 0 Å². The Kier molecular flexibility index (Phi) is 6.63. The number of halogens is 1. The van der Waals surface area contributed by atoms with Crippen molar-refractivity contribution >= 4 is 24.0 Å². The van der Waals surface area contributed by atoms with E-state index in [1.54, 1.807) is 0 Å². The quantitative estimate of drug-likeness (QED) is 0.514. The molecule has 7 N–H and O–H groups in total. The number of nitrogen functional groups attached to an aromatic ring is 1. The third-order valence-corrected chi connectivity index (χ3v) is 4.00. The van der Waals surface area contributed by atoms with Gasteiger partial charge in [-0.2, -0.15) is 0 Å². The lowest BCUT2D eigenvalue weighted by Gasteiger charge is -2.30. The monoisotopic (exact) mass is 331 g/mol. The molecule has 124 valence electrons. The number of H-pyrrole nitrogens is 2. The largest absolute Gasteiger partial charge is 0.392 e. The summed E-state index contributed by atoms with van der Waals surface area (Å²) >= 11 is 0. The predicted molar refractivity (Wildman–Crippen MR) is 86.2 cm³/mol. The Morgan fingerprint density at radius 1 is 1.23 bits per heavy atom. The number of amides is 1. The van der Waals surface area contributed by atoms with Crippen molar-refractivity contribution < 1.29 is 4.79 Å². The summed E-state index contributed by atoms with van der Waals surface area (Å²) in [5.74, 6) is -0.251. The Morgan fingerprint density at radius 2 is 1.86 bits per heavy atom. The van der Waals surface area contributed by atoms with Gasteiger partial charge in [-0.1, -0.05) is 19.3 Å². The molecule has 9 heteroatoms. The molecule has 0 aliphatic heterocycles. The second-order valence-electron chi connectivity index (χ2n) is 5.41. The third-order valence-electron chi connectivity index (χ3n) is 4.00. The first-order valence-electron chi connectivity index (χ1n) is 7.16. The number of aromatic amines is 2. The molecule has 22 heavy (non-hydrogen) atoms. The van der Waals surface area contributed by atoms with Gasteiger partial charge in [0.2, 0.25) is 0 Å². The van der Waals surface area contributed by atoms with E-state index >= 15 is 0 Å². The summed E-state index contributed by atoms with van der Waals surface area (Å²) in [5, 5.41) is 2.78. The van der Waals surface area contributed by atoms with Crippen LogP contribution in [-0.4, -0.2) is 28.5 Å². The molecule has 1 unspecified atom stereocenters. The van der Waals surface area contributed by atoms with E-state index in [0.29, 0.717) is 12.5 Å². The molecular formula is C13H22ClN5O3. The standard InChI is InChI=1S/C13H21N5O3.ClH/c14-6-8(7-4-2-1-3-5-7)16-12(20)10-9(15)11(19)18-13(21)17-10;/h7-8H,1-6,14-15H2,(H,16,20)(H2,17,18,19,21);1H. The van der Waals surface area contributed by atoms with Gasteiger partial charge >= 0.3 is 5.69 Å². The number of carbonyl (C=O) groups excluding carboxylic acids is 1. The van der Waals surface area contributed by atoms with E-state index in [-0.39, 0.29) is 29.8 Å². The maximum atomic E-state index is 12.2. The summed E-state index contributed by atoms with van der Waals surface area (Å²) < 4.78 is 0. The van der Waals surface area contributed by atoms with Crippen LogP contribution < -0.4 is 28.0 Å². The van der Waals surface area contributed by atoms with Crippen molar-refractivity contribution in [2.75, 3.05) is 12.3 Å². The van der Waals surface area contributed by atoms with Crippen LogP contribution in [0.1, 0.15) is 42.6 Å². The minimum absolute atomic E-state index is 0. The number of anilines is 1. The molecule has 8 nitrogen and oxygen atoms in total. The van der Waals surface area contributed by atoms with Crippen molar-refractivity contribution in [1.29, 1.82) is 0 Å². The third kappa shape index (κ3) is 4.11. The van der Waals surface area contributed by atoms with Gasteiger partial charge < -0.3 is 21.8 Å². The molecule has 1 amide bonds. The van der Waals surface area contributed by atoms with Gasteiger partial charge in [-0.25, -0.2) is 4.79 Å². The number of rotatable bonds is 4. The number of hydrogen-bond donors (Lipinski definition) is 5. The SMILES string of the molecule is Cl.NCC(NC(=O)c1[nH]c(=O)[nH]c(=O)c1N)C1CCCCC1. The van der Waals surface area contributed by atoms with Crippen LogP contribution in [0.2, 0.25) is 0 Å². The molecule has 2 rings (SSSR count). The van der Waals surface area contributed by atoms with Crippen molar-refractivity contribution in [3.63, 3.8) is 0 Å². The van der Waals surface area contributed by atoms with Gasteiger partial charge in [0.1, 0.15) is 11.4 Å². The first-order chi connectivity index (χ1) is 10.0. The van der Waals surface area contributed by atoms with E-state index in [4.69, 9.17) is 11.5 Å². The first-order valence-corrected chi connectivity index (χ1v) is 7.16. The molecule has 1 aliphatic carbocycles. The summed E-state index contributed by atoms with van der Waals surface area (Å²) in [6, 6.07) is -0.181. The zero-order valence-corrected chi connectivity index (χ0v) is 13.0. The van der Waals surface area contributed by atoms with Crippen molar-refractivity contribution in [1.82, 2.24) is 15.3 Å². The second-order valence-corrected chi connectivity index (χ2v) is 5.41. The molecule has 1 fully saturated rings. The molecule has 0 saturated heterocycles. The van der Waals surface area contributed by atoms with E-state index < -0.39 is 17.2 Å². The lowest BCUT2D eigenvalue weighted by atomic mass is 9.84. The van der Waals surface area contributed by atoms with Gasteiger partial charge in [-0.3, -0.25) is 14.6 Å². The number of carbonyl (C=O) groups is 1. The van der Waals surface area contributed by atoms with E-state index in [9.17, 15) is 14.4 Å². The van der Waals surface area contributed by atoms with Crippen molar-refractivity contribution in [3.8, 4) is 0 Å². The zero-order chi connectivity index (χ0) is 15.4. The Bertz CT molecular complexity index is 621. The summed E-state index contributed by atoms with van der Waals surface area (Å²) in [5.41, 5.74) is 9.24. The van der Waals surface area contributed by atoms with E-state index in [0.717, 1.165) is 25.7 Å². The molecule has 0 radical (unpaired) electrons. The van der Waals surface area contributed by atoms with E-state index in [1.807, 2.05) is 4.98 Å². The molecule has 1 aromatic heterocycles. The fourth-order valence-electron chi connectivity index (χ4n) is 2.82. The number of hydrogen-bond acceptors (Lipinski definition) is 5. The smallest absolute Gasteiger partial charge is 0.326 e. The minimum atomic E-state index is -0.772. The Hall–Kier alpha value is -1.80. The predicted octanol–water partition coefficient (Wildman–Crippen LogP) is -0.295. The van der Waals surface area contributed by atoms with Gasteiger partial charge in [0.15, 0.2) is 0 Å². The topological polar surface area (TPSA) is 147 Å². The lowest BCUT2D eigenvalue weighted by molar-refractivity contribution is 0.0911. The van der Waals surface area contributed by atoms with Gasteiger partial charge in [0, 0.05) is 12.6 Å². The molecule has 0 aromatic carbocycles. The number of nitrogens with two attached hydrogens (primary N) is 2. The van der Waals surface area contributed by atoms with Gasteiger partial charge in [0.25, 0.3) is 11.5 Å². The van der Waals surface area contributed by atoms with E-state index in [1.165, 1.54) is 6.42 Å². The highest BCUT2D eigenvalue weighted by Crippen LogP contribution is 2.26. The lowest BCUT2D eigenvalue weighted by Crippen LogP contribution is -2.47. The van der Waals surface area contributed by atoms with Crippen LogP contribution in [0, 0.1) is 5.92 Å². The molecule has 0 bridgehead atoms. The molecule has 1 heterocycles. The average molecular weight is 332 g/mol. The van der Waals surface area contributed by atoms with Crippen LogP contribution in [0.15, 0.2) is 9.59 Å². The highest BCUT2D eigenvalue weighted by Gasteiger charge is 2.25. The van der Waals surface area contributed by atoms with Crippen molar-refractivity contribution in [2.24, 2.45) is 11.7 Å². The molecule has 1 saturated carbocycles. The Labute approximate surface area is 133 Å². The zero-order valence-electron chi connectivity index (χ0n) is 12.2. The molecule has 1 aromatic rings. The van der Waals surface area contributed by atoms with Crippen molar-refractivity contribution in [2.45, 2.75) is 38.1 Å². The van der Waals surface area contributed by atoms with Crippen LogP contribution in [0.25, 0.3) is 0 Å². The normalized spacial score (nSPS) is 16.6. The van der Waals surface area contributed by atoms with Crippen LogP contribution in [0.3, 0.4) is 0 Å². The Morgan fingerprint density at radius 3 is 2.45 bits per heavy atom. The highest BCUT2D eigenvalue weighted by molar-refractivity contribution is 5.96. The number of nitrogens with one attached hydrogen (secondary N) is 3. The van der Waals surface area contributed by atoms with Crippen LogP contribution in [0.4, 0.5) is 5.69 Å². The van der Waals surface area contributed by atoms with Gasteiger partial charge in [-0.05, 0) is 18.8 Å². The average Bonchev–Trinajstić information content (AvgIpc) is 2.49. The van der Waals surface area contributed by atoms with E-state index in [2.05, 4.69) is 10.3 Å². The van der Waals surface area contributed by atoms with Crippen LogP contribution in [-0.2, 0) is 0 Å². The maximum Gasteiger partial charge on any atom is 0.326 e. The van der Waals surface area contributed by atoms with Crippen LogP contribution >= 0.6 is 12.4 Å². The summed E-state index contributed by atoms with van der Waals surface area (Å²) in [7, 11) is 0. The fourth-order valence-corrected chi connectivity index (χ4v) is 2.82. The maximum absolute atomic E-state index is 12.2. The highest BCUT2D eigenvalue weighted by atomic mass is 35.5. The van der Waals surface area contributed by atoms with Gasteiger partial charge in [-0.15, -0.1) is 12.4 Å².